The molecule has 0 saturated heterocycles. The van der Waals surface area contributed by atoms with Gasteiger partial charge in [-0.15, -0.1) is 0 Å². The van der Waals surface area contributed by atoms with Crippen molar-refractivity contribution < 1.29 is 4.79 Å². The zero-order chi connectivity index (χ0) is 20.8. The number of aryl methyl sites for hydroxylation is 2. The first kappa shape index (κ1) is 19.4. The van der Waals surface area contributed by atoms with Crippen molar-refractivity contribution in [1.29, 1.82) is 0 Å². The average molecular weight is 400 g/mol. The number of H-pyrrole nitrogens is 1. The summed E-state index contributed by atoms with van der Waals surface area (Å²) in [7, 11) is 0. The minimum absolute atomic E-state index is 0.264. The molecule has 0 unspecified atom stereocenters. The molecule has 0 aliphatic carbocycles. The van der Waals surface area contributed by atoms with Crippen LogP contribution < -0.4 is 16.0 Å². The summed E-state index contributed by atoms with van der Waals surface area (Å²) in [5.41, 5.74) is 2.70. The average Bonchev–Trinajstić information content (AvgIpc) is 3.24. The van der Waals surface area contributed by atoms with Crippen LogP contribution in [0.5, 0.6) is 0 Å². The Kier molecular flexibility index (Phi) is 5.89. The first-order chi connectivity index (χ1) is 14.7. The van der Waals surface area contributed by atoms with Crippen LogP contribution in [-0.4, -0.2) is 27.5 Å². The Morgan fingerprint density at radius 1 is 0.967 bits per heavy atom. The van der Waals surface area contributed by atoms with Gasteiger partial charge in [0.2, 0.25) is 5.95 Å². The Bertz CT molecular complexity index is 1140. The lowest BCUT2D eigenvalue weighted by Crippen LogP contribution is -2.21. The molecule has 0 fully saturated rings. The van der Waals surface area contributed by atoms with Gasteiger partial charge >= 0.3 is 6.03 Å². The van der Waals surface area contributed by atoms with Crippen LogP contribution in [0.15, 0.2) is 66.9 Å². The molecule has 2 aromatic carbocycles. The first-order valence-corrected chi connectivity index (χ1v) is 9.94. The van der Waals surface area contributed by atoms with Crippen molar-refractivity contribution in [3.63, 3.8) is 0 Å². The largest absolute Gasteiger partial charge is 0.370 e. The second kappa shape index (κ2) is 9.09. The van der Waals surface area contributed by atoms with E-state index < -0.39 is 0 Å². The van der Waals surface area contributed by atoms with Gasteiger partial charge in [0, 0.05) is 35.9 Å². The summed E-state index contributed by atoms with van der Waals surface area (Å²) in [6.45, 7) is 2.65. The van der Waals surface area contributed by atoms with Gasteiger partial charge in [-0.25, -0.2) is 9.78 Å². The van der Waals surface area contributed by atoms with E-state index in [1.165, 1.54) is 5.69 Å². The van der Waals surface area contributed by atoms with E-state index in [0.29, 0.717) is 11.5 Å². The van der Waals surface area contributed by atoms with Crippen LogP contribution >= 0.6 is 0 Å². The molecule has 4 N–H and O–H groups in total. The number of carbonyl (C=O) groups is 1. The third-order valence-electron chi connectivity index (χ3n) is 4.68. The Balaban J connectivity index is 1.34. The highest BCUT2D eigenvalue weighted by Crippen LogP contribution is 2.19. The lowest BCUT2D eigenvalue weighted by atomic mass is 10.1. The highest BCUT2D eigenvalue weighted by Gasteiger charge is 2.08. The van der Waals surface area contributed by atoms with Crippen molar-refractivity contribution in [2.75, 3.05) is 22.5 Å². The lowest BCUT2D eigenvalue weighted by molar-refractivity contribution is 0.262. The van der Waals surface area contributed by atoms with Gasteiger partial charge in [-0.3, -0.25) is 5.32 Å². The molecule has 152 valence electrons. The van der Waals surface area contributed by atoms with E-state index in [4.69, 9.17) is 0 Å². The topological polar surface area (TPSA) is 94.7 Å². The van der Waals surface area contributed by atoms with Crippen molar-refractivity contribution in [3.8, 4) is 0 Å². The third kappa shape index (κ3) is 5.14. The number of fused-ring (bicyclic) bond motifs is 1. The normalized spacial score (nSPS) is 10.7. The van der Waals surface area contributed by atoms with Gasteiger partial charge in [-0.2, -0.15) is 4.98 Å². The number of carbonyl (C=O) groups excluding carboxylic acids is 1. The lowest BCUT2D eigenvalue weighted by Gasteiger charge is -2.10. The van der Waals surface area contributed by atoms with Crippen molar-refractivity contribution in [3.05, 3.63) is 78.2 Å². The molecule has 2 amide bonds. The molecule has 0 bridgehead atoms. The first-order valence-electron chi connectivity index (χ1n) is 9.94. The van der Waals surface area contributed by atoms with Gasteiger partial charge in [-0.1, -0.05) is 30.3 Å². The highest BCUT2D eigenvalue weighted by atomic mass is 16.2. The van der Waals surface area contributed by atoms with Crippen molar-refractivity contribution >= 4 is 34.3 Å². The van der Waals surface area contributed by atoms with Crippen LogP contribution in [-0.2, 0) is 6.42 Å². The molecule has 0 aliphatic heterocycles. The number of aromatic nitrogens is 3. The van der Waals surface area contributed by atoms with Gasteiger partial charge in [-0.05, 0) is 54.8 Å². The monoisotopic (exact) mass is 400 g/mol. The Morgan fingerprint density at radius 2 is 1.83 bits per heavy atom. The summed E-state index contributed by atoms with van der Waals surface area (Å²) in [4.78, 5) is 24.3. The summed E-state index contributed by atoms with van der Waals surface area (Å²) in [5, 5.41) is 11.0. The summed E-state index contributed by atoms with van der Waals surface area (Å²) < 4.78 is 0. The maximum Gasteiger partial charge on any atom is 0.326 e. The summed E-state index contributed by atoms with van der Waals surface area (Å²) >= 11 is 0. The number of nitrogens with zero attached hydrogens (tertiary/aromatic N) is 2. The minimum Gasteiger partial charge on any atom is -0.370 e. The number of nitrogens with one attached hydrogen (secondary N) is 4. The number of rotatable bonds is 7. The number of urea groups is 1. The van der Waals surface area contributed by atoms with E-state index in [0.717, 1.165) is 35.9 Å². The summed E-state index contributed by atoms with van der Waals surface area (Å²) in [5.74, 6) is 0.954. The number of aromatic amines is 1. The molecule has 0 spiro atoms. The molecule has 4 rings (SSSR count). The van der Waals surface area contributed by atoms with Crippen molar-refractivity contribution in [2.45, 2.75) is 19.8 Å². The molecular formula is C23H24N6O. The fourth-order valence-corrected chi connectivity index (χ4v) is 3.26. The predicted molar refractivity (Wildman–Crippen MR) is 121 cm³/mol. The van der Waals surface area contributed by atoms with Crippen LogP contribution in [0.4, 0.5) is 22.2 Å². The second-order valence-corrected chi connectivity index (χ2v) is 7.08. The molecule has 7 nitrogen and oxygen atoms in total. The third-order valence-corrected chi connectivity index (χ3v) is 4.68. The smallest absolute Gasteiger partial charge is 0.326 e. The predicted octanol–water partition coefficient (Wildman–Crippen LogP) is 4.96. The molecule has 0 atom stereocenters. The fourth-order valence-electron chi connectivity index (χ4n) is 3.26. The van der Waals surface area contributed by atoms with Crippen LogP contribution in [0.25, 0.3) is 10.8 Å². The van der Waals surface area contributed by atoms with Crippen LogP contribution in [0, 0.1) is 6.92 Å². The van der Waals surface area contributed by atoms with Gasteiger partial charge in [0.05, 0.1) is 0 Å². The van der Waals surface area contributed by atoms with E-state index in [1.54, 1.807) is 0 Å². The van der Waals surface area contributed by atoms with Crippen molar-refractivity contribution in [1.82, 2.24) is 15.0 Å². The maximum atomic E-state index is 12.4. The van der Waals surface area contributed by atoms with E-state index >= 15 is 0 Å². The van der Waals surface area contributed by atoms with Gasteiger partial charge in [0.1, 0.15) is 5.82 Å². The Labute approximate surface area is 175 Å². The van der Waals surface area contributed by atoms with Gasteiger partial charge in [0.25, 0.3) is 0 Å². The Hall–Kier alpha value is -3.87. The van der Waals surface area contributed by atoms with Gasteiger partial charge < -0.3 is 15.6 Å². The second-order valence-electron chi connectivity index (χ2n) is 7.08. The molecule has 2 heterocycles. The van der Waals surface area contributed by atoms with Crippen molar-refractivity contribution in [2.24, 2.45) is 0 Å². The molecule has 30 heavy (non-hydrogen) atoms. The molecule has 4 aromatic rings. The van der Waals surface area contributed by atoms with E-state index in [-0.39, 0.29) is 12.0 Å². The maximum absolute atomic E-state index is 12.4. The SMILES string of the molecule is Cc1cc(NCCCc2ccc[nH]2)nc(NC(=O)Nc2ccc3ccccc3c2)n1. The Morgan fingerprint density at radius 3 is 2.67 bits per heavy atom. The van der Waals surface area contributed by atoms with Gasteiger partial charge in [0.15, 0.2) is 0 Å². The summed E-state index contributed by atoms with van der Waals surface area (Å²) in [6, 6.07) is 19.3. The quantitative estimate of drug-likeness (QED) is 0.330. The fraction of sp³-hybridized carbons (Fsp3) is 0.174. The zero-order valence-corrected chi connectivity index (χ0v) is 16.8. The molecular weight excluding hydrogens is 376 g/mol. The zero-order valence-electron chi connectivity index (χ0n) is 16.8. The van der Waals surface area contributed by atoms with E-state index in [9.17, 15) is 4.79 Å². The number of benzene rings is 2. The number of hydrogen-bond donors (Lipinski definition) is 4. The van der Waals surface area contributed by atoms with E-state index in [2.05, 4.69) is 37.0 Å². The highest BCUT2D eigenvalue weighted by molar-refractivity contribution is 6.00. The number of anilines is 3. The molecule has 7 heteroatoms. The van der Waals surface area contributed by atoms with Crippen LogP contribution in [0.3, 0.4) is 0 Å². The number of hydrogen-bond acceptors (Lipinski definition) is 4. The minimum atomic E-state index is -0.381. The summed E-state index contributed by atoms with van der Waals surface area (Å²) in [6.07, 6.45) is 3.86. The molecule has 0 radical (unpaired) electrons. The van der Waals surface area contributed by atoms with Crippen LogP contribution in [0.1, 0.15) is 17.8 Å². The standard InChI is InChI=1S/C23H24N6O/c1-16-14-21(25-13-5-9-19-8-4-12-24-19)28-22(26-16)29-23(30)27-20-11-10-17-6-2-3-7-18(17)15-20/h2-4,6-8,10-12,14-15,24H,5,9,13H2,1H3,(H3,25,26,27,28,29,30). The molecule has 0 aliphatic rings. The molecule has 2 aromatic heterocycles. The molecule has 0 saturated carbocycles. The number of amides is 2. The van der Waals surface area contributed by atoms with Crippen LogP contribution in [0.2, 0.25) is 0 Å². The van der Waals surface area contributed by atoms with E-state index in [1.807, 2.05) is 67.7 Å².